The van der Waals surface area contributed by atoms with Crippen LogP contribution in [0.5, 0.6) is 0 Å². The Morgan fingerprint density at radius 2 is 1.73 bits per heavy atom. The monoisotopic (exact) mass is 360 g/mol. The number of benzene rings is 1. The average Bonchev–Trinajstić information content (AvgIpc) is 2.63. The van der Waals surface area contributed by atoms with Gasteiger partial charge in [-0.2, -0.15) is 0 Å². The first-order valence-corrected chi connectivity index (χ1v) is 9.22. The summed E-state index contributed by atoms with van der Waals surface area (Å²) in [5, 5.41) is 5.33. The van der Waals surface area contributed by atoms with E-state index in [1.165, 1.54) is 6.92 Å². The zero-order valence-electron chi connectivity index (χ0n) is 15.8. The Hall–Kier alpha value is -2.37. The van der Waals surface area contributed by atoms with Crippen molar-refractivity contribution in [2.24, 2.45) is 5.92 Å². The van der Waals surface area contributed by atoms with Crippen molar-refractivity contribution in [2.45, 2.75) is 59.0 Å². The second kappa shape index (κ2) is 9.36. The third kappa shape index (κ3) is 5.58. The highest BCUT2D eigenvalue weighted by Gasteiger charge is 2.26. The van der Waals surface area contributed by atoms with E-state index in [2.05, 4.69) is 10.6 Å². The molecule has 2 N–H and O–H groups in total. The molecule has 1 saturated carbocycles. The van der Waals surface area contributed by atoms with Crippen LogP contribution < -0.4 is 10.6 Å². The van der Waals surface area contributed by atoms with Gasteiger partial charge in [-0.15, -0.1) is 0 Å². The van der Waals surface area contributed by atoms with Crippen LogP contribution in [0, 0.1) is 19.8 Å². The van der Waals surface area contributed by atoms with E-state index in [1.807, 2.05) is 32.0 Å². The summed E-state index contributed by atoms with van der Waals surface area (Å²) in [7, 11) is 0. The molecule has 6 nitrogen and oxygen atoms in total. The Morgan fingerprint density at radius 3 is 2.35 bits per heavy atom. The molecule has 2 amide bonds. The number of hydrogen-bond donors (Lipinski definition) is 2. The maximum Gasteiger partial charge on any atom is 0.309 e. The molecule has 2 rings (SSSR count). The summed E-state index contributed by atoms with van der Waals surface area (Å²) in [5.74, 6) is -1.20. The molecule has 6 heteroatoms. The van der Waals surface area contributed by atoms with Crippen molar-refractivity contribution in [3.63, 3.8) is 0 Å². The Bertz CT molecular complexity index is 646. The third-order valence-electron chi connectivity index (χ3n) is 4.77. The van der Waals surface area contributed by atoms with Gasteiger partial charge in [0, 0.05) is 5.69 Å². The number of ether oxygens (including phenoxy) is 1. The summed E-state index contributed by atoms with van der Waals surface area (Å²) in [6.07, 6.45) is 3.95. The van der Waals surface area contributed by atoms with Gasteiger partial charge in [-0.05, 0) is 44.7 Å². The van der Waals surface area contributed by atoms with Crippen LogP contribution in [0.25, 0.3) is 0 Å². The first-order chi connectivity index (χ1) is 12.4. The number of nitrogens with one attached hydrogen (secondary N) is 2. The van der Waals surface area contributed by atoms with Crippen molar-refractivity contribution >= 4 is 23.5 Å². The second-order valence-corrected chi connectivity index (χ2v) is 6.95. The summed E-state index contributed by atoms with van der Waals surface area (Å²) in [6.45, 7) is 5.18. The van der Waals surface area contributed by atoms with Gasteiger partial charge in [-0.3, -0.25) is 14.4 Å². The molecule has 0 spiro atoms. The largest absolute Gasteiger partial charge is 0.452 e. The molecular formula is C20H28N2O4. The number of aryl methyl sites for hydroxylation is 2. The van der Waals surface area contributed by atoms with Crippen LogP contribution in [-0.2, 0) is 19.1 Å². The fourth-order valence-electron chi connectivity index (χ4n) is 3.17. The van der Waals surface area contributed by atoms with Crippen LogP contribution in [0.4, 0.5) is 5.69 Å². The highest BCUT2D eigenvalue weighted by molar-refractivity contribution is 5.96. The van der Waals surface area contributed by atoms with Crippen LogP contribution >= 0.6 is 0 Å². The van der Waals surface area contributed by atoms with Crippen molar-refractivity contribution < 1.29 is 19.1 Å². The number of rotatable bonds is 6. The number of carbonyl (C=O) groups is 3. The zero-order chi connectivity index (χ0) is 19.1. The van der Waals surface area contributed by atoms with Crippen molar-refractivity contribution in [3.8, 4) is 0 Å². The molecule has 1 aromatic carbocycles. The van der Waals surface area contributed by atoms with Gasteiger partial charge in [0.25, 0.3) is 5.91 Å². The smallest absolute Gasteiger partial charge is 0.309 e. The number of hydrogen-bond acceptors (Lipinski definition) is 4. The summed E-state index contributed by atoms with van der Waals surface area (Å²) in [6, 6.07) is 5.74. The minimum Gasteiger partial charge on any atom is -0.452 e. The minimum atomic E-state index is -0.905. The van der Waals surface area contributed by atoms with Crippen molar-refractivity contribution in [3.05, 3.63) is 29.3 Å². The summed E-state index contributed by atoms with van der Waals surface area (Å²) >= 11 is 0. The molecule has 0 unspecified atom stereocenters. The molecule has 0 bridgehead atoms. The second-order valence-electron chi connectivity index (χ2n) is 6.95. The Labute approximate surface area is 154 Å². The Morgan fingerprint density at radius 1 is 1.12 bits per heavy atom. The zero-order valence-corrected chi connectivity index (χ0v) is 15.8. The molecule has 1 aliphatic rings. The first kappa shape index (κ1) is 19.9. The molecule has 0 heterocycles. The van der Waals surface area contributed by atoms with Gasteiger partial charge in [-0.25, -0.2) is 0 Å². The van der Waals surface area contributed by atoms with Crippen LogP contribution in [-0.4, -0.2) is 30.4 Å². The normalized spacial score (nSPS) is 15.8. The minimum absolute atomic E-state index is 0.105. The third-order valence-corrected chi connectivity index (χ3v) is 4.77. The fourth-order valence-corrected chi connectivity index (χ4v) is 3.17. The maximum absolute atomic E-state index is 12.1. The molecule has 142 valence electrons. The number of anilines is 1. The van der Waals surface area contributed by atoms with E-state index >= 15 is 0 Å². The quantitative estimate of drug-likeness (QED) is 0.764. The lowest BCUT2D eigenvalue weighted by Gasteiger charge is -2.22. The van der Waals surface area contributed by atoms with E-state index in [4.69, 9.17) is 4.74 Å². The van der Waals surface area contributed by atoms with Gasteiger partial charge in [0.2, 0.25) is 5.91 Å². The van der Waals surface area contributed by atoms with Crippen molar-refractivity contribution in [1.82, 2.24) is 5.32 Å². The Balaban J connectivity index is 1.78. The molecule has 0 aromatic heterocycles. The number of para-hydroxylation sites is 1. The summed E-state index contributed by atoms with van der Waals surface area (Å²) in [5.41, 5.74) is 2.67. The van der Waals surface area contributed by atoms with E-state index in [9.17, 15) is 14.4 Å². The molecule has 0 saturated heterocycles. The van der Waals surface area contributed by atoms with Gasteiger partial charge in [0.05, 0.1) is 12.5 Å². The highest BCUT2D eigenvalue weighted by atomic mass is 16.5. The fraction of sp³-hybridized carbons (Fsp3) is 0.550. The summed E-state index contributed by atoms with van der Waals surface area (Å²) in [4.78, 5) is 36.2. The number of amides is 2. The van der Waals surface area contributed by atoms with Crippen molar-refractivity contribution in [2.75, 3.05) is 11.9 Å². The molecule has 0 aliphatic heterocycles. The molecule has 1 atom stereocenters. The van der Waals surface area contributed by atoms with Gasteiger partial charge >= 0.3 is 5.97 Å². The van der Waals surface area contributed by atoms with E-state index in [0.717, 1.165) is 48.9 Å². The van der Waals surface area contributed by atoms with E-state index < -0.39 is 12.0 Å². The molecule has 1 aromatic rings. The lowest BCUT2D eigenvalue weighted by atomic mass is 9.89. The molecule has 26 heavy (non-hydrogen) atoms. The van der Waals surface area contributed by atoms with Crippen LogP contribution in [0.15, 0.2) is 18.2 Å². The standard InChI is InChI=1S/C20H28N2O4/c1-13-8-7-9-14(2)18(13)22-17(23)12-21-19(24)15(3)26-20(25)16-10-5-4-6-11-16/h7-9,15-16H,4-6,10-12H2,1-3H3,(H,21,24)(H,22,23)/t15-/m0/s1. The summed E-state index contributed by atoms with van der Waals surface area (Å²) < 4.78 is 5.26. The van der Waals surface area contributed by atoms with Gasteiger partial charge < -0.3 is 15.4 Å². The Kier molecular flexibility index (Phi) is 7.18. The van der Waals surface area contributed by atoms with Crippen LogP contribution in [0.1, 0.15) is 50.2 Å². The predicted molar refractivity (Wildman–Crippen MR) is 99.7 cm³/mol. The van der Waals surface area contributed by atoms with Gasteiger partial charge in [0.1, 0.15) is 0 Å². The van der Waals surface area contributed by atoms with Gasteiger partial charge in [-0.1, -0.05) is 37.5 Å². The van der Waals surface area contributed by atoms with Gasteiger partial charge in [0.15, 0.2) is 6.10 Å². The SMILES string of the molecule is Cc1cccc(C)c1NC(=O)CNC(=O)[C@H](C)OC(=O)C1CCCCC1. The topological polar surface area (TPSA) is 84.5 Å². The molecular weight excluding hydrogens is 332 g/mol. The molecule has 0 radical (unpaired) electrons. The molecule has 1 aliphatic carbocycles. The number of carbonyl (C=O) groups excluding carboxylic acids is 3. The molecule has 1 fully saturated rings. The van der Waals surface area contributed by atoms with Crippen LogP contribution in [0.2, 0.25) is 0 Å². The van der Waals surface area contributed by atoms with E-state index in [-0.39, 0.29) is 24.3 Å². The highest BCUT2D eigenvalue weighted by Crippen LogP contribution is 2.25. The predicted octanol–water partition coefficient (Wildman–Crippen LogP) is 2.87. The maximum atomic E-state index is 12.1. The van der Waals surface area contributed by atoms with E-state index in [1.54, 1.807) is 0 Å². The lowest BCUT2D eigenvalue weighted by Crippen LogP contribution is -2.41. The van der Waals surface area contributed by atoms with Crippen LogP contribution in [0.3, 0.4) is 0 Å². The van der Waals surface area contributed by atoms with Crippen molar-refractivity contribution in [1.29, 1.82) is 0 Å². The first-order valence-electron chi connectivity index (χ1n) is 9.22. The average molecular weight is 360 g/mol. The number of esters is 1. The lowest BCUT2D eigenvalue weighted by molar-refractivity contribution is -0.159. The van der Waals surface area contributed by atoms with E-state index in [0.29, 0.717) is 0 Å².